The number of anilines is 1. The second-order valence-electron chi connectivity index (χ2n) is 9.61. The van der Waals surface area contributed by atoms with Crippen LogP contribution in [-0.2, 0) is 32.6 Å². The van der Waals surface area contributed by atoms with Gasteiger partial charge in [0.2, 0.25) is 21.8 Å². The number of carbonyl (C=O) groups is 2. The highest BCUT2D eigenvalue weighted by Gasteiger charge is 2.30. The Morgan fingerprint density at radius 2 is 1.59 bits per heavy atom. The molecule has 8 nitrogen and oxygen atoms in total. The van der Waals surface area contributed by atoms with Crippen LogP contribution in [0.5, 0.6) is 5.75 Å². The summed E-state index contributed by atoms with van der Waals surface area (Å²) in [7, 11) is -3.62. The summed E-state index contributed by atoms with van der Waals surface area (Å²) in [5, 5.41) is 2.83. The first-order chi connectivity index (χ1) is 19.6. The Morgan fingerprint density at radius 1 is 0.927 bits per heavy atom. The maximum Gasteiger partial charge on any atom is 0.243 e. The van der Waals surface area contributed by atoms with Gasteiger partial charge in [-0.15, -0.1) is 0 Å². The number of carbonyl (C=O) groups excluding carboxylic acids is 2. The molecule has 0 radical (unpaired) electrons. The molecule has 0 bridgehead atoms. The largest absolute Gasteiger partial charge is 0.494 e. The van der Waals surface area contributed by atoms with E-state index in [2.05, 4.69) is 5.32 Å². The Hall–Kier alpha value is -3.92. The minimum Gasteiger partial charge on any atom is -0.494 e. The van der Waals surface area contributed by atoms with E-state index in [0.29, 0.717) is 36.6 Å². The molecule has 0 aliphatic carbocycles. The van der Waals surface area contributed by atoms with E-state index in [1.54, 1.807) is 36.4 Å². The van der Waals surface area contributed by atoms with Crippen molar-refractivity contribution in [2.24, 2.45) is 0 Å². The third-order valence-corrected chi connectivity index (χ3v) is 7.67. The third kappa shape index (κ3) is 9.60. The molecule has 220 valence electrons. The van der Waals surface area contributed by atoms with Crippen LogP contribution < -0.4 is 14.4 Å². The van der Waals surface area contributed by atoms with Gasteiger partial charge >= 0.3 is 0 Å². The average molecular weight is 584 g/mol. The van der Waals surface area contributed by atoms with Gasteiger partial charge in [-0.3, -0.25) is 13.9 Å². The summed E-state index contributed by atoms with van der Waals surface area (Å²) in [5.41, 5.74) is 2.03. The number of sulfonamides is 1. The summed E-state index contributed by atoms with van der Waals surface area (Å²) in [5.74, 6) is -0.363. The topological polar surface area (TPSA) is 96.0 Å². The molecule has 41 heavy (non-hydrogen) atoms. The van der Waals surface area contributed by atoms with Gasteiger partial charge in [0.05, 0.1) is 18.6 Å². The number of halogens is 1. The summed E-state index contributed by atoms with van der Waals surface area (Å²) in [4.78, 5) is 28.5. The number of amides is 2. The van der Waals surface area contributed by atoms with Crippen molar-refractivity contribution in [1.29, 1.82) is 0 Å². The highest BCUT2D eigenvalue weighted by atomic mass is 32.2. The lowest BCUT2D eigenvalue weighted by Crippen LogP contribution is -2.50. The molecule has 0 fully saturated rings. The van der Waals surface area contributed by atoms with Gasteiger partial charge in [0.25, 0.3) is 0 Å². The molecular weight excluding hydrogens is 545 g/mol. The fraction of sp³-hybridized carbons (Fsp3) is 0.355. The maximum atomic E-state index is 13.7. The third-order valence-electron chi connectivity index (χ3n) is 6.48. The summed E-state index contributed by atoms with van der Waals surface area (Å²) >= 11 is 0. The normalized spacial score (nSPS) is 11.9. The van der Waals surface area contributed by atoms with Crippen LogP contribution in [0.1, 0.15) is 37.8 Å². The summed E-state index contributed by atoms with van der Waals surface area (Å²) in [6.45, 7) is 4.74. The molecule has 0 aliphatic rings. The lowest BCUT2D eigenvalue weighted by molar-refractivity contribution is -0.141. The van der Waals surface area contributed by atoms with Crippen LogP contribution in [0, 0.1) is 5.82 Å². The second-order valence-corrected chi connectivity index (χ2v) is 11.5. The molecule has 3 rings (SSSR count). The lowest BCUT2D eigenvalue weighted by atomic mass is 10.0. The van der Waals surface area contributed by atoms with Gasteiger partial charge in [-0.25, -0.2) is 12.8 Å². The first kappa shape index (κ1) is 31.6. The van der Waals surface area contributed by atoms with Crippen molar-refractivity contribution in [1.82, 2.24) is 10.2 Å². The van der Waals surface area contributed by atoms with Crippen LogP contribution in [0.4, 0.5) is 10.1 Å². The maximum absolute atomic E-state index is 13.7. The second kappa shape index (κ2) is 15.2. The Morgan fingerprint density at radius 3 is 2.17 bits per heavy atom. The number of nitrogens with zero attached hydrogens (tertiary/aromatic N) is 2. The van der Waals surface area contributed by atoms with E-state index >= 15 is 0 Å². The quantitative estimate of drug-likeness (QED) is 0.283. The standard InChI is InChI=1S/C31H38FN3O5S/c1-4-33-31(37)29(22-24-10-7-6-8-11-24)34(23-25-13-15-26(32)16-14-25)30(36)12-9-21-35(41(3,38)39)27-17-19-28(20-18-27)40-5-2/h6-8,10-11,13-20,29H,4-5,9,12,21-23H2,1-3H3,(H,33,37)/t29-/m0/s1. The lowest BCUT2D eigenvalue weighted by Gasteiger charge is -2.32. The van der Waals surface area contributed by atoms with Crippen LogP contribution in [-0.4, -0.2) is 57.1 Å². The zero-order valence-corrected chi connectivity index (χ0v) is 24.6. The van der Waals surface area contributed by atoms with E-state index in [4.69, 9.17) is 4.74 Å². The molecule has 0 saturated heterocycles. The van der Waals surface area contributed by atoms with Crippen molar-refractivity contribution in [3.8, 4) is 5.75 Å². The van der Waals surface area contributed by atoms with E-state index in [1.807, 2.05) is 44.2 Å². The van der Waals surface area contributed by atoms with Crippen LogP contribution in [0.25, 0.3) is 0 Å². The van der Waals surface area contributed by atoms with Crippen LogP contribution >= 0.6 is 0 Å². The fourth-order valence-corrected chi connectivity index (χ4v) is 5.48. The average Bonchev–Trinajstić information content (AvgIpc) is 2.94. The fourth-order valence-electron chi connectivity index (χ4n) is 4.51. The van der Waals surface area contributed by atoms with Crippen molar-refractivity contribution < 1.29 is 27.1 Å². The minimum absolute atomic E-state index is 0.00887. The van der Waals surface area contributed by atoms with E-state index < -0.39 is 21.9 Å². The molecule has 0 aliphatic heterocycles. The molecule has 1 N–H and O–H groups in total. The van der Waals surface area contributed by atoms with Gasteiger partial charge in [0, 0.05) is 32.5 Å². The van der Waals surface area contributed by atoms with Crippen LogP contribution in [0.3, 0.4) is 0 Å². The highest BCUT2D eigenvalue weighted by molar-refractivity contribution is 7.92. The van der Waals surface area contributed by atoms with Crippen molar-refractivity contribution in [2.75, 3.05) is 30.3 Å². The number of likely N-dealkylation sites (N-methyl/N-ethyl adjacent to an activating group) is 1. The van der Waals surface area contributed by atoms with Gasteiger partial charge < -0.3 is 15.0 Å². The number of nitrogens with one attached hydrogen (secondary N) is 1. The van der Waals surface area contributed by atoms with Crippen LogP contribution in [0.2, 0.25) is 0 Å². The molecule has 0 aromatic heterocycles. The summed E-state index contributed by atoms with van der Waals surface area (Å²) in [6, 6.07) is 21.1. The Bertz CT molecular complexity index is 1370. The monoisotopic (exact) mass is 583 g/mol. The van der Waals surface area contributed by atoms with Crippen molar-refractivity contribution in [2.45, 2.75) is 45.7 Å². The van der Waals surface area contributed by atoms with E-state index in [-0.39, 0.29) is 37.7 Å². The van der Waals surface area contributed by atoms with Crippen molar-refractivity contribution >= 4 is 27.5 Å². The molecule has 10 heteroatoms. The van der Waals surface area contributed by atoms with E-state index in [9.17, 15) is 22.4 Å². The summed E-state index contributed by atoms with van der Waals surface area (Å²) < 4.78 is 45.5. The SMILES string of the molecule is CCNC(=O)[C@H](Cc1ccccc1)N(Cc1ccc(F)cc1)C(=O)CCCN(c1ccc(OCC)cc1)S(C)(=O)=O. The molecular formula is C31H38FN3O5S. The smallest absolute Gasteiger partial charge is 0.243 e. The Labute approximate surface area is 242 Å². The van der Waals surface area contributed by atoms with Crippen molar-refractivity contribution in [3.63, 3.8) is 0 Å². The van der Waals surface area contributed by atoms with Gasteiger partial charge in [-0.2, -0.15) is 0 Å². The molecule has 0 unspecified atom stereocenters. The predicted octanol–water partition coefficient (Wildman–Crippen LogP) is 4.55. The first-order valence-electron chi connectivity index (χ1n) is 13.7. The predicted molar refractivity (Wildman–Crippen MR) is 159 cm³/mol. The Kier molecular flexibility index (Phi) is 11.7. The number of hydrogen-bond donors (Lipinski definition) is 1. The molecule has 0 heterocycles. The molecule has 0 saturated carbocycles. The zero-order chi connectivity index (χ0) is 29.8. The number of benzene rings is 3. The zero-order valence-electron chi connectivity index (χ0n) is 23.8. The highest BCUT2D eigenvalue weighted by Crippen LogP contribution is 2.23. The summed E-state index contributed by atoms with van der Waals surface area (Å²) in [6.07, 6.45) is 1.65. The van der Waals surface area contributed by atoms with Gasteiger partial charge in [0.15, 0.2) is 0 Å². The van der Waals surface area contributed by atoms with E-state index in [1.165, 1.54) is 21.3 Å². The Balaban J connectivity index is 1.83. The van der Waals surface area contributed by atoms with Crippen LogP contribution in [0.15, 0.2) is 78.9 Å². The van der Waals surface area contributed by atoms with Gasteiger partial charge in [-0.05, 0) is 67.8 Å². The van der Waals surface area contributed by atoms with Crippen molar-refractivity contribution in [3.05, 3.63) is 95.8 Å². The number of rotatable bonds is 15. The molecule has 0 spiro atoms. The number of ether oxygens (including phenoxy) is 1. The molecule has 1 atom stereocenters. The van der Waals surface area contributed by atoms with Gasteiger partial charge in [-0.1, -0.05) is 42.5 Å². The molecule has 3 aromatic rings. The first-order valence-corrected chi connectivity index (χ1v) is 15.5. The van der Waals surface area contributed by atoms with Gasteiger partial charge in [0.1, 0.15) is 17.6 Å². The molecule has 2 amide bonds. The van der Waals surface area contributed by atoms with E-state index in [0.717, 1.165) is 11.8 Å². The molecule has 3 aromatic carbocycles. The number of hydrogen-bond acceptors (Lipinski definition) is 5. The minimum atomic E-state index is -3.62.